The van der Waals surface area contributed by atoms with Gasteiger partial charge in [0.05, 0.1) is 12.5 Å². The molecule has 0 amide bonds. The molecule has 1 aromatic carbocycles. The number of hydrogen-bond acceptors (Lipinski definition) is 3. The monoisotopic (exact) mass is 248 g/mol. The highest BCUT2D eigenvalue weighted by Gasteiger charge is 2.12. The van der Waals surface area contributed by atoms with Gasteiger partial charge in [0.2, 0.25) is 0 Å². The summed E-state index contributed by atoms with van der Waals surface area (Å²) in [6.07, 6.45) is 1.29. The molecule has 96 valence electrons. The van der Waals surface area contributed by atoms with Gasteiger partial charge < -0.3 is 10.2 Å². The van der Waals surface area contributed by atoms with Gasteiger partial charge in [-0.05, 0) is 18.6 Å². The highest BCUT2D eigenvalue weighted by molar-refractivity contribution is 5.94. The molecule has 18 heavy (non-hydrogen) atoms. The number of carboxylic acid groups (broad SMARTS) is 1. The second-order valence-corrected chi connectivity index (χ2v) is 4.17. The lowest BCUT2D eigenvalue weighted by Crippen LogP contribution is -2.16. The molecule has 1 aromatic rings. The van der Waals surface area contributed by atoms with E-state index < -0.39 is 18.5 Å². The number of carbonyl (C=O) groups is 2. The lowest BCUT2D eigenvalue weighted by atomic mass is 10.1. The SMILES string of the molecule is Cc1ccc(/C=C/C(=O)C[C@H](O)CC(=O)O)cc1. The molecule has 0 aromatic heterocycles. The van der Waals surface area contributed by atoms with Crippen LogP contribution in [0, 0.1) is 6.92 Å². The molecule has 0 saturated heterocycles. The molecular weight excluding hydrogens is 232 g/mol. The van der Waals surface area contributed by atoms with Crippen LogP contribution in [0.4, 0.5) is 0 Å². The van der Waals surface area contributed by atoms with E-state index in [1.54, 1.807) is 6.08 Å². The highest BCUT2D eigenvalue weighted by Crippen LogP contribution is 2.06. The molecule has 0 aliphatic heterocycles. The van der Waals surface area contributed by atoms with Crippen LogP contribution in [0.25, 0.3) is 6.08 Å². The van der Waals surface area contributed by atoms with Crippen LogP contribution < -0.4 is 0 Å². The average Bonchev–Trinajstić information content (AvgIpc) is 2.27. The summed E-state index contributed by atoms with van der Waals surface area (Å²) in [7, 11) is 0. The number of carboxylic acids is 1. The van der Waals surface area contributed by atoms with Crippen LogP contribution in [0.1, 0.15) is 24.0 Å². The van der Waals surface area contributed by atoms with Gasteiger partial charge in [0.25, 0.3) is 0 Å². The average molecular weight is 248 g/mol. The standard InChI is InChI=1S/C14H16O4/c1-10-2-4-11(5-3-10)6-7-12(15)8-13(16)9-14(17)18/h2-7,13,16H,8-9H2,1H3,(H,17,18)/b7-6+/t13-/m0/s1. The summed E-state index contributed by atoms with van der Waals surface area (Å²) in [6.45, 7) is 1.97. The summed E-state index contributed by atoms with van der Waals surface area (Å²) in [5.74, 6) is -1.40. The van der Waals surface area contributed by atoms with E-state index in [0.717, 1.165) is 11.1 Å². The fourth-order valence-electron chi connectivity index (χ4n) is 1.44. The largest absolute Gasteiger partial charge is 0.481 e. The zero-order valence-corrected chi connectivity index (χ0v) is 10.2. The molecule has 0 aliphatic rings. The van der Waals surface area contributed by atoms with E-state index in [4.69, 9.17) is 5.11 Å². The maximum Gasteiger partial charge on any atom is 0.305 e. The van der Waals surface area contributed by atoms with Crippen molar-refractivity contribution in [2.24, 2.45) is 0 Å². The van der Waals surface area contributed by atoms with Crippen LogP contribution in [0.3, 0.4) is 0 Å². The number of rotatable bonds is 6. The maximum atomic E-state index is 11.4. The fourth-order valence-corrected chi connectivity index (χ4v) is 1.44. The Balaban J connectivity index is 2.49. The van der Waals surface area contributed by atoms with Crippen molar-refractivity contribution in [2.45, 2.75) is 25.9 Å². The Morgan fingerprint density at radius 1 is 1.22 bits per heavy atom. The van der Waals surface area contributed by atoms with Crippen LogP contribution >= 0.6 is 0 Å². The van der Waals surface area contributed by atoms with Crippen molar-refractivity contribution in [3.8, 4) is 0 Å². The molecule has 0 spiro atoms. The third-order valence-electron chi connectivity index (χ3n) is 2.39. The van der Waals surface area contributed by atoms with E-state index in [0.29, 0.717) is 0 Å². The van der Waals surface area contributed by atoms with E-state index in [9.17, 15) is 14.7 Å². The molecule has 0 unspecified atom stereocenters. The highest BCUT2D eigenvalue weighted by atomic mass is 16.4. The Labute approximate surface area is 106 Å². The quantitative estimate of drug-likeness (QED) is 0.753. The van der Waals surface area contributed by atoms with Gasteiger partial charge in [0, 0.05) is 6.42 Å². The molecule has 4 nitrogen and oxygen atoms in total. The molecule has 0 heterocycles. The van der Waals surface area contributed by atoms with E-state index in [1.165, 1.54) is 6.08 Å². The van der Waals surface area contributed by atoms with Crippen molar-refractivity contribution in [2.75, 3.05) is 0 Å². The van der Waals surface area contributed by atoms with Crippen LogP contribution in [-0.4, -0.2) is 28.1 Å². The van der Waals surface area contributed by atoms with E-state index in [1.807, 2.05) is 31.2 Å². The summed E-state index contributed by atoms with van der Waals surface area (Å²) in [5, 5.41) is 17.7. The Hall–Kier alpha value is -1.94. The second kappa shape index (κ2) is 6.71. The summed E-state index contributed by atoms with van der Waals surface area (Å²) in [5.41, 5.74) is 2.03. The Kier molecular flexibility index (Phi) is 5.27. The second-order valence-electron chi connectivity index (χ2n) is 4.17. The van der Waals surface area contributed by atoms with Crippen LogP contribution in [0.2, 0.25) is 0 Å². The van der Waals surface area contributed by atoms with Crippen molar-refractivity contribution in [3.63, 3.8) is 0 Å². The smallest absolute Gasteiger partial charge is 0.305 e. The Morgan fingerprint density at radius 3 is 2.39 bits per heavy atom. The topological polar surface area (TPSA) is 74.6 Å². The Bertz CT molecular complexity index is 445. The molecule has 0 fully saturated rings. The first-order valence-corrected chi connectivity index (χ1v) is 5.65. The van der Waals surface area contributed by atoms with E-state index in [-0.39, 0.29) is 12.2 Å². The first kappa shape index (κ1) is 14.1. The van der Waals surface area contributed by atoms with Crippen molar-refractivity contribution >= 4 is 17.8 Å². The number of allylic oxidation sites excluding steroid dienone is 1. The lowest BCUT2D eigenvalue weighted by Gasteiger charge is -2.03. The number of benzene rings is 1. The van der Waals surface area contributed by atoms with Crippen LogP contribution in [0.15, 0.2) is 30.3 Å². The zero-order valence-electron chi connectivity index (χ0n) is 10.2. The minimum atomic E-state index is -1.13. The number of carbonyl (C=O) groups excluding carboxylic acids is 1. The number of aryl methyl sites for hydroxylation is 1. The van der Waals surface area contributed by atoms with Gasteiger partial charge in [-0.25, -0.2) is 0 Å². The molecule has 0 aliphatic carbocycles. The predicted octanol–water partition coefficient (Wildman–Crippen LogP) is 1.80. The predicted molar refractivity (Wildman–Crippen MR) is 68.1 cm³/mol. The van der Waals surface area contributed by atoms with Gasteiger partial charge in [-0.3, -0.25) is 9.59 Å². The molecule has 0 saturated carbocycles. The summed E-state index contributed by atoms with van der Waals surface area (Å²) >= 11 is 0. The number of aliphatic carboxylic acids is 1. The van der Waals surface area contributed by atoms with Crippen LogP contribution in [0.5, 0.6) is 0 Å². The van der Waals surface area contributed by atoms with Crippen molar-refractivity contribution in [3.05, 3.63) is 41.5 Å². The Morgan fingerprint density at radius 2 is 1.83 bits per heavy atom. The molecular formula is C14H16O4. The molecule has 0 radical (unpaired) electrons. The number of aliphatic hydroxyl groups is 1. The summed E-state index contributed by atoms with van der Waals surface area (Å²) in [4.78, 5) is 21.7. The maximum absolute atomic E-state index is 11.4. The minimum Gasteiger partial charge on any atom is -0.481 e. The van der Waals surface area contributed by atoms with Crippen molar-refractivity contribution in [1.82, 2.24) is 0 Å². The molecule has 1 atom stereocenters. The van der Waals surface area contributed by atoms with Crippen LogP contribution in [-0.2, 0) is 9.59 Å². The first-order valence-electron chi connectivity index (χ1n) is 5.65. The van der Waals surface area contributed by atoms with Gasteiger partial charge in [-0.1, -0.05) is 35.9 Å². The van der Waals surface area contributed by atoms with Crippen molar-refractivity contribution in [1.29, 1.82) is 0 Å². The normalized spacial score (nSPS) is 12.6. The van der Waals surface area contributed by atoms with E-state index in [2.05, 4.69) is 0 Å². The number of aliphatic hydroxyl groups excluding tert-OH is 1. The molecule has 4 heteroatoms. The lowest BCUT2D eigenvalue weighted by molar-refractivity contribution is -0.139. The molecule has 2 N–H and O–H groups in total. The van der Waals surface area contributed by atoms with Gasteiger partial charge in [-0.15, -0.1) is 0 Å². The van der Waals surface area contributed by atoms with Gasteiger partial charge in [0.15, 0.2) is 5.78 Å². The number of ketones is 1. The van der Waals surface area contributed by atoms with Gasteiger partial charge in [0.1, 0.15) is 0 Å². The van der Waals surface area contributed by atoms with E-state index >= 15 is 0 Å². The summed E-state index contributed by atoms with van der Waals surface area (Å²) < 4.78 is 0. The summed E-state index contributed by atoms with van der Waals surface area (Å²) in [6, 6.07) is 7.63. The molecule has 0 bridgehead atoms. The third-order valence-corrected chi connectivity index (χ3v) is 2.39. The fraction of sp³-hybridized carbons (Fsp3) is 0.286. The first-order chi connectivity index (χ1) is 8.47. The molecule has 1 rings (SSSR count). The third kappa shape index (κ3) is 5.41. The zero-order chi connectivity index (χ0) is 13.5. The minimum absolute atomic E-state index is 0.172. The van der Waals surface area contributed by atoms with Crippen molar-refractivity contribution < 1.29 is 19.8 Å². The number of hydrogen-bond donors (Lipinski definition) is 2. The van der Waals surface area contributed by atoms with Gasteiger partial charge >= 0.3 is 5.97 Å². The van der Waals surface area contributed by atoms with Gasteiger partial charge in [-0.2, -0.15) is 0 Å².